The molecular weight excluding hydrogens is 222 g/mol. The lowest BCUT2D eigenvalue weighted by atomic mass is 10.1. The molecule has 1 amide bonds. The van der Waals surface area contributed by atoms with Crippen LogP contribution in [0.25, 0.3) is 0 Å². The molecule has 1 atom stereocenters. The van der Waals surface area contributed by atoms with Crippen LogP contribution in [-0.2, 0) is 9.59 Å². The zero-order valence-corrected chi connectivity index (χ0v) is 9.25. The average Bonchev–Trinajstić information content (AvgIpc) is 2.29. The van der Waals surface area contributed by atoms with Gasteiger partial charge in [0.1, 0.15) is 0 Å². The standard InChI is InChI=1S/C12H13NO4/c1-8(9-5-3-2-4-6-9)13-11(15)7-10(14)12(16)17/h2-8,14H,1H3,(H,13,15)(H,16,17)/b10-7-/t8-/m1/s1. The highest BCUT2D eigenvalue weighted by Crippen LogP contribution is 2.10. The Morgan fingerprint density at radius 3 is 2.35 bits per heavy atom. The Balaban J connectivity index is 2.64. The van der Waals surface area contributed by atoms with E-state index in [0.29, 0.717) is 6.08 Å². The number of hydrogen-bond donors (Lipinski definition) is 3. The van der Waals surface area contributed by atoms with Gasteiger partial charge in [-0.25, -0.2) is 4.79 Å². The number of aliphatic carboxylic acids is 1. The maximum absolute atomic E-state index is 11.3. The quantitative estimate of drug-likeness (QED) is 0.543. The van der Waals surface area contributed by atoms with Gasteiger partial charge in [0.15, 0.2) is 0 Å². The van der Waals surface area contributed by atoms with Gasteiger partial charge in [0.2, 0.25) is 11.7 Å². The number of carbonyl (C=O) groups is 2. The number of nitrogens with one attached hydrogen (secondary N) is 1. The zero-order valence-electron chi connectivity index (χ0n) is 9.25. The molecule has 0 fully saturated rings. The molecule has 0 spiro atoms. The van der Waals surface area contributed by atoms with Gasteiger partial charge in [0, 0.05) is 0 Å². The van der Waals surface area contributed by atoms with Crippen molar-refractivity contribution < 1.29 is 19.8 Å². The number of carboxylic acids is 1. The van der Waals surface area contributed by atoms with Crippen molar-refractivity contribution in [2.75, 3.05) is 0 Å². The van der Waals surface area contributed by atoms with Crippen LogP contribution >= 0.6 is 0 Å². The monoisotopic (exact) mass is 235 g/mol. The van der Waals surface area contributed by atoms with Crippen LogP contribution in [-0.4, -0.2) is 22.1 Å². The van der Waals surface area contributed by atoms with Crippen molar-refractivity contribution in [3.63, 3.8) is 0 Å². The Kier molecular flexibility index (Phi) is 4.28. The van der Waals surface area contributed by atoms with Crippen molar-refractivity contribution in [1.82, 2.24) is 5.32 Å². The van der Waals surface area contributed by atoms with Crippen LogP contribution in [0.2, 0.25) is 0 Å². The van der Waals surface area contributed by atoms with E-state index >= 15 is 0 Å². The summed E-state index contributed by atoms with van der Waals surface area (Å²) in [7, 11) is 0. The number of hydrogen-bond acceptors (Lipinski definition) is 3. The van der Waals surface area contributed by atoms with E-state index < -0.39 is 17.6 Å². The van der Waals surface area contributed by atoms with Crippen LogP contribution in [0.15, 0.2) is 42.2 Å². The fourth-order valence-electron chi connectivity index (χ4n) is 1.27. The van der Waals surface area contributed by atoms with E-state index in [9.17, 15) is 9.59 Å². The van der Waals surface area contributed by atoms with Crippen molar-refractivity contribution in [2.24, 2.45) is 0 Å². The lowest BCUT2D eigenvalue weighted by Gasteiger charge is -2.12. The van der Waals surface area contributed by atoms with E-state index in [1.165, 1.54) is 0 Å². The van der Waals surface area contributed by atoms with Crippen LogP contribution in [0.3, 0.4) is 0 Å². The molecule has 0 saturated heterocycles. The second-order valence-electron chi connectivity index (χ2n) is 3.48. The van der Waals surface area contributed by atoms with Crippen molar-refractivity contribution >= 4 is 11.9 Å². The smallest absolute Gasteiger partial charge is 0.371 e. The van der Waals surface area contributed by atoms with Gasteiger partial charge < -0.3 is 15.5 Å². The number of carbonyl (C=O) groups excluding carboxylic acids is 1. The van der Waals surface area contributed by atoms with Gasteiger partial charge in [0.25, 0.3) is 0 Å². The van der Waals surface area contributed by atoms with Gasteiger partial charge >= 0.3 is 5.97 Å². The minimum Gasteiger partial charge on any atom is -0.502 e. The molecule has 0 radical (unpaired) electrons. The Morgan fingerprint density at radius 1 is 1.24 bits per heavy atom. The summed E-state index contributed by atoms with van der Waals surface area (Å²) in [5, 5.41) is 19.8. The Hall–Kier alpha value is -2.30. The van der Waals surface area contributed by atoms with Gasteiger partial charge in [0.05, 0.1) is 12.1 Å². The fourth-order valence-corrected chi connectivity index (χ4v) is 1.27. The summed E-state index contributed by atoms with van der Waals surface area (Å²) in [5.74, 6) is -3.17. The van der Waals surface area contributed by atoms with E-state index in [1.807, 2.05) is 30.3 Å². The molecule has 0 aliphatic rings. The Morgan fingerprint density at radius 2 is 1.82 bits per heavy atom. The number of benzene rings is 1. The van der Waals surface area contributed by atoms with Crippen LogP contribution < -0.4 is 5.32 Å². The molecule has 0 aromatic heterocycles. The average molecular weight is 235 g/mol. The highest BCUT2D eigenvalue weighted by atomic mass is 16.4. The van der Waals surface area contributed by atoms with Gasteiger partial charge in [-0.2, -0.15) is 0 Å². The number of carboxylic acid groups (broad SMARTS) is 1. The molecule has 0 saturated carbocycles. The molecule has 5 heteroatoms. The van der Waals surface area contributed by atoms with E-state index in [0.717, 1.165) is 5.56 Å². The summed E-state index contributed by atoms with van der Waals surface area (Å²) in [5.41, 5.74) is 0.893. The zero-order chi connectivity index (χ0) is 12.8. The predicted molar refractivity (Wildman–Crippen MR) is 61.3 cm³/mol. The Bertz CT molecular complexity index is 439. The normalized spacial score (nSPS) is 12.9. The second kappa shape index (κ2) is 5.69. The van der Waals surface area contributed by atoms with Crippen molar-refractivity contribution in [1.29, 1.82) is 0 Å². The molecule has 1 rings (SSSR count). The predicted octanol–water partition coefficient (Wildman–Crippen LogP) is 1.39. The van der Waals surface area contributed by atoms with Crippen LogP contribution in [0, 0.1) is 0 Å². The van der Waals surface area contributed by atoms with Gasteiger partial charge in [-0.15, -0.1) is 0 Å². The molecule has 0 heterocycles. The summed E-state index contributed by atoms with van der Waals surface area (Å²) in [6.45, 7) is 1.76. The van der Waals surface area contributed by atoms with Crippen LogP contribution in [0.4, 0.5) is 0 Å². The molecule has 1 aromatic rings. The number of aliphatic hydroxyl groups excluding tert-OH is 1. The SMILES string of the molecule is C[C@@H](NC(=O)/C=C(\O)C(=O)O)c1ccccc1. The number of rotatable bonds is 4. The molecule has 3 N–H and O–H groups in total. The molecule has 5 nitrogen and oxygen atoms in total. The third-order valence-corrected chi connectivity index (χ3v) is 2.15. The van der Waals surface area contributed by atoms with Crippen LogP contribution in [0.1, 0.15) is 18.5 Å². The summed E-state index contributed by atoms with van der Waals surface area (Å²) in [6.07, 6.45) is 0.641. The van der Waals surface area contributed by atoms with E-state index in [2.05, 4.69) is 5.32 Å². The molecule has 0 aliphatic carbocycles. The van der Waals surface area contributed by atoms with E-state index in [-0.39, 0.29) is 6.04 Å². The van der Waals surface area contributed by atoms with Gasteiger partial charge in [-0.1, -0.05) is 30.3 Å². The molecule has 0 aliphatic heterocycles. The summed E-state index contributed by atoms with van der Waals surface area (Å²) in [6, 6.07) is 8.94. The number of amides is 1. The highest BCUT2D eigenvalue weighted by Gasteiger charge is 2.10. The Labute approximate surface area is 98.4 Å². The third kappa shape index (κ3) is 3.98. The maximum atomic E-state index is 11.3. The van der Waals surface area contributed by atoms with Gasteiger partial charge in [-0.3, -0.25) is 4.79 Å². The lowest BCUT2D eigenvalue weighted by Crippen LogP contribution is -2.25. The largest absolute Gasteiger partial charge is 0.502 e. The summed E-state index contributed by atoms with van der Waals surface area (Å²) in [4.78, 5) is 21.6. The summed E-state index contributed by atoms with van der Waals surface area (Å²) < 4.78 is 0. The maximum Gasteiger partial charge on any atom is 0.371 e. The van der Waals surface area contributed by atoms with E-state index in [1.54, 1.807) is 6.92 Å². The number of aliphatic hydroxyl groups is 1. The van der Waals surface area contributed by atoms with Crippen molar-refractivity contribution in [3.05, 3.63) is 47.7 Å². The first-order valence-electron chi connectivity index (χ1n) is 5.00. The molecule has 0 unspecified atom stereocenters. The molecule has 17 heavy (non-hydrogen) atoms. The van der Waals surface area contributed by atoms with Crippen molar-refractivity contribution in [2.45, 2.75) is 13.0 Å². The molecular formula is C12H13NO4. The first kappa shape index (κ1) is 12.8. The van der Waals surface area contributed by atoms with Gasteiger partial charge in [-0.05, 0) is 12.5 Å². The third-order valence-electron chi connectivity index (χ3n) is 2.15. The topological polar surface area (TPSA) is 86.6 Å². The van der Waals surface area contributed by atoms with E-state index in [4.69, 9.17) is 10.2 Å². The molecule has 0 bridgehead atoms. The summed E-state index contributed by atoms with van der Waals surface area (Å²) >= 11 is 0. The first-order valence-corrected chi connectivity index (χ1v) is 5.00. The van der Waals surface area contributed by atoms with Crippen molar-refractivity contribution in [3.8, 4) is 0 Å². The first-order chi connectivity index (χ1) is 8.00. The fraction of sp³-hybridized carbons (Fsp3) is 0.167. The highest BCUT2D eigenvalue weighted by molar-refractivity contribution is 5.96. The van der Waals surface area contributed by atoms with Crippen LogP contribution in [0.5, 0.6) is 0 Å². The minimum atomic E-state index is -1.53. The second-order valence-corrected chi connectivity index (χ2v) is 3.48. The lowest BCUT2D eigenvalue weighted by molar-refractivity contribution is -0.136. The molecule has 90 valence electrons. The minimum absolute atomic E-state index is 0.262. The molecule has 1 aromatic carbocycles.